The molecule has 0 aliphatic heterocycles. The van der Waals surface area contributed by atoms with E-state index in [2.05, 4.69) is 0 Å². The van der Waals surface area contributed by atoms with E-state index in [0.29, 0.717) is 37.6 Å². The molecule has 2 aromatic rings. The van der Waals surface area contributed by atoms with Gasteiger partial charge in [-0.3, -0.25) is 0 Å². The van der Waals surface area contributed by atoms with Gasteiger partial charge in [-0.1, -0.05) is 36.4 Å². The lowest BCUT2D eigenvalue weighted by molar-refractivity contribution is 0.139. The highest BCUT2D eigenvalue weighted by molar-refractivity contribution is 5.32. The molecule has 0 aliphatic rings. The van der Waals surface area contributed by atoms with E-state index in [4.69, 9.17) is 4.74 Å². The third-order valence-corrected chi connectivity index (χ3v) is 3.01. The molecule has 0 aliphatic carbocycles. The van der Waals surface area contributed by atoms with E-state index in [1.807, 2.05) is 24.3 Å². The first-order chi connectivity index (χ1) is 9.27. The van der Waals surface area contributed by atoms with Crippen LogP contribution in [-0.2, 0) is 17.6 Å². The molecule has 0 spiro atoms. The molecule has 0 radical (unpaired) electrons. The zero-order chi connectivity index (χ0) is 13.5. The second-order valence-corrected chi connectivity index (χ2v) is 4.37. The van der Waals surface area contributed by atoms with E-state index in [9.17, 15) is 10.2 Å². The van der Waals surface area contributed by atoms with Crippen LogP contribution in [0.15, 0.2) is 48.5 Å². The van der Waals surface area contributed by atoms with Gasteiger partial charge in [-0.15, -0.1) is 0 Å². The normalized spacial score (nSPS) is 10.5. The monoisotopic (exact) mass is 258 g/mol. The number of aromatic hydroxyl groups is 2. The van der Waals surface area contributed by atoms with Gasteiger partial charge in [0.25, 0.3) is 0 Å². The highest BCUT2D eigenvalue weighted by Gasteiger charge is 2.01. The summed E-state index contributed by atoms with van der Waals surface area (Å²) >= 11 is 0. The Morgan fingerprint density at radius 3 is 1.53 bits per heavy atom. The maximum atomic E-state index is 9.59. The Hall–Kier alpha value is -2.00. The third-order valence-electron chi connectivity index (χ3n) is 3.01. The topological polar surface area (TPSA) is 49.7 Å². The summed E-state index contributed by atoms with van der Waals surface area (Å²) < 4.78 is 5.53. The molecule has 2 aromatic carbocycles. The van der Waals surface area contributed by atoms with Crippen LogP contribution in [-0.4, -0.2) is 23.4 Å². The number of rotatable bonds is 6. The van der Waals surface area contributed by atoms with Crippen LogP contribution in [0.5, 0.6) is 11.5 Å². The Morgan fingerprint density at radius 2 is 1.11 bits per heavy atom. The van der Waals surface area contributed by atoms with E-state index in [-0.39, 0.29) is 0 Å². The van der Waals surface area contributed by atoms with Gasteiger partial charge in [0.2, 0.25) is 0 Å². The number of benzene rings is 2. The minimum absolute atomic E-state index is 0.312. The lowest BCUT2D eigenvalue weighted by atomic mass is 10.1. The smallest absolute Gasteiger partial charge is 0.118 e. The van der Waals surface area contributed by atoms with E-state index in [1.165, 1.54) is 0 Å². The van der Waals surface area contributed by atoms with Gasteiger partial charge in [-0.2, -0.15) is 0 Å². The van der Waals surface area contributed by atoms with Crippen LogP contribution in [0.25, 0.3) is 0 Å². The van der Waals surface area contributed by atoms with Crippen molar-refractivity contribution >= 4 is 0 Å². The zero-order valence-electron chi connectivity index (χ0n) is 10.7. The first kappa shape index (κ1) is 13.4. The second-order valence-electron chi connectivity index (χ2n) is 4.37. The first-order valence-corrected chi connectivity index (χ1v) is 6.39. The molecule has 19 heavy (non-hydrogen) atoms. The summed E-state index contributed by atoms with van der Waals surface area (Å²) in [6, 6.07) is 14.5. The van der Waals surface area contributed by atoms with Gasteiger partial charge in [0.15, 0.2) is 0 Å². The van der Waals surface area contributed by atoms with Gasteiger partial charge in [0.05, 0.1) is 13.2 Å². The van der Waals surface area contributed by atoms with Crippen LogP contribution >= 0.6 is 0 Å². The molecule has 3 heteroatoms. The standard InChI is InChI=1S/C16H18O3/c17-15-7-3-1-5-13(15)9-11-19-12-10-14-6-2-4-8-16(14)18/h1-8,17-18H,9-12H2. The molecule has 2 N–H and O–H groups in total. The van der Waals surface area contributed by atoms with Crippen molar-refractivity contribution in [3.05, 3.63) is 59.7 Å². The Bertz CT molecular complexity index is 475. The van der Waals surface area contributed by atoms with Gasteiger partial charge in [0.1, 0.15) is 11.5 Å². The summed E-state index contributed by atoms with van der Waals surface area (Å²) in [5, 5.41) is 19.2. The van der Waals surface area contributed by atoms with Crippen molar-refractivity contribution < 1.29 is 14.9 Å². The average molecular weight is 258 g/mol. The molecule has 0 fully saturated rings. The molecule has 0 atom stereocenters. The SMILES string of the molecule is Oc1ccccc1CCOCCc1ccccc1O. The number of phenolic OH excluding ortho intramolecular Hbond substituents is 2. The molecule has 0 heterocycles. The zero-order valence-corrected chi connectivity index (χ0v) is 10.7. The highest BCUT2D eigenvalue weighted by Crippen LogP contribution is 2.17. The van der Waals surface area contributed by atoms with Gasteiger partial charge >= 0.3 is 0 Å². The highest BCUT2D eigenvalue weighted by atomic mass is 16.5. The summed E-state index contributed by atoms with van der Waals surface area (Å²) in [5.74, 6) is 0.624. The molecule has 2 rings (SSSR count). The Morgan fingerprint density at radius 1 is 0.684 bits per heavy atom. The molecule has 3 nitrogen and oxygen atoms in total. The maximum Gasteiger partial charge on any atom is 0.118 e. The molecule has 100 valence electrons. The molecular weight excluding hydrogens is 240 g/mol. The van der Waals surface area contributed by atoms with E-state index >= 15 is 0 Å². The molecule has 0 unspecified atom stereocenters. The van der Waals surface area contributed by atoms with Crippen LogP contribution in [0.3, 0.4) is 0 Å². The van der Waals surface area contributed by atoms with Crippen molar-refractivity contribution in [3.8, 4) is 11.5 Å². The molecule has 0 bridgehead atoms. The summed E-state index contributed by atoms with van der Waals surface area (Å²) in [6.07, 6.45) is 1.38. The summed E-state index contributed by atoms with van der Waals surface area (Å²) in [5.41, 5.74) is 1.79. The summed E-state index contributed by atoms with van der Waals surface area (Å²) in [4.78, 5) is 0. The van der Waals surface area contributed by atoms with Crippen LogP contribution in [0.2, 0.25) is 0 Å². The summed E-state index contributed by atoms with van der Waals surface area (Å²) in [7, 11) is 0. The predicted octanol–water partition coefficient (Wildman–Crippen LogP) is 2.90. The van der Waals surface area contributed by atoms with E-state index in [0.717, 1.165) is 11.1 Å². The number of hydrogen-bond donors (Lipinski definition) is 2. The molecule has 0 aromatic heterocycles. The fraction of sp³-hybridized carbons (Fsp3) is 0.250. The predicted molar refractivity (Wildman–Crippen MR) is 74.4 cm³/mol. The van der Waals surface area contributed by atoms with Crippen LogP contribution in [0.4, 0.5) is 0 Å². The molecule has 0 saturated heterocycles. The van der Waals surface area contributed by atoms with Crippen molar-refractivity contribution in [1.29, 1.82) is 0 Å². The Kier molecular flexibility index (Phi) is 4.81. The lowest BCUT2D eigenvalue weighted by Crippen LogP contribution is -2.03. The Balaban J connectivity index is 1.71. The van der Waals surface area contributed by atoms with Gasteiger partial charge in [-0.25, -0.2) is 0 Å². The fourth-order valence-electron chi connectivity index (χ4n) is 1.91. The molecule has 0 saturated carbocycles. The van der Waals surface area contributed by atoms with Crippen molar-refractivity contribution in [2.24, 2.45) is 0 Å². The van der Waals surface area contributed by atoms with Gasteiger partial charge in [-0.05, 0) is 36.1 Å². The molecular formula is C16H18O3. The second kappa shape index (κ2) is 6.81. The quantitative estimate of drug-likeness (QED) is 0.783. The van der Waals surface area contributed by atoms with Crippen molar-refractivity contribution in [3.63, 3.8) is 0 Å². The Labute approximate surface area is 113 Å². The fourth-order valence-corrected chi connectivity index (χ4v) is 1.91. The maximum absolute atomic E-state index is 9.59. The first-order valence-electron chi connectivity index (χ1n) is 6.39. The summed E-state index contributed by atoms with van der Waals surface area (Å²) in [6.45, 7) is 1.12. The van der Waals surface area contributed by atoms with Crippen molar-refractivity contribution in [1.82, 2.24) is 0 Å². The van der Waals surface area contributed by atoms with Crippen LogP contribution in [0, 0.1) is 0 Å². The minimum Gasteiger partial charge on any atom is -0.508 e. The van der Waals surface area contributed by atoms with E-state index < -0.39 is 0 Å². The molecule has 0 amide bonds. The van der Waals surface area contributed by atoms with Crippen molar-refractivity contribution in [2.45, 2.75) is 12.8 Å². The third kappa shape index (κ3) is 4.00. The minimum atomic E-state index is 0.312. The number of phenols is 2. The van der Waals surface area contributed by atoms with E-state index in [1.54, 1.807) is 24.3 Å². The number of ether oxygens (including phenoxy) is 1. The number of para-hydroxylation sites is 2. The number of hydrogen-bond acceptors (Lipinski definition) is 3. The lowest BCUT2D eigenvalue weighted by Gasteiger charge is -2.07. The van der Waals surface area contributed by atoms with Crippen LogP contribution in [0.1, 0.15) is 11.1 Å². The van der Waals surface area contributed by atoms with Gasteiger partial charge in [0, 0.05) is 0 Å². The van der Waals surface area contributed by atoms with Gasteiger partial charge < -0.3 is 14.9 Å². The average Bonchev–Trinajstić information content (AvgIpc) is 2.42. The van der Waals surface area contributed by atoms with Crippen LogP contribution < -0.4 is 0 Å². The van der Waals surface area contributed by atoms with Crippen molar-refractivity contribution in [2.75, 3.05) is 13.2 Å². The largest absolute Gasteiger partial charge is 0.508 e.